The van der Waals surface area contributed by atoms with Gasteiger partial charge in [0, 0.05) is 50.8 Å². The molecular formula is C25H31N5O3. The second-order valence-electron chi connectivity index (χ2n) is 8.13. The van der Waals surface area contributed by atoms with E-state index < -0.39 is 6.04 Å². The van der Waals surface area contributed by atoms with Crippen LogP contribution in [0.3, 0.4) is 0 Å². The number of anilines is 1. The van der Waals surface area contributed by atoms with Crippen molar-refractivity contribution in [3.63, 3.8) is 0 Å². The van der Waals surface area contributed by atoms with E-state index in [2.05, 4.69) is 32.7 Å². The minimum atomic E-state index is -0.483. The molecule has 1 atom stereocenters. The third-order valence-corrected chi connectivity index (χ3v) is 5.98. The van der Waals surface area contributed by atoms with Gasteiger partial charge in [0.05, 0.1) is 14.2 Å². The summed E-state index contributed by atoms with van der Waals surface area (Å²) in [5, 5.41) is 6.11. The van der Waals surface area contributed by atoms with E-state index in [1.165, 1.54) is 18.5 Å². The minimum absolute atomic E-state index is 0.277. The Kier molecular flexibility index (Phi) is 7.02. The number of hydrogen-bond acceptors (Lipinski definition) is 5. The van der Waals surface area contributed by atoms with Gasteiger partial charge in [-0.25, -0.2) is 9.78 Å². The number of rotatable bonds is 8. The van der Waals surface area contributed by atoms with Crippen LogP contribution >= 0.6 is 0 Å². The molecule has 0 aliphatic carbocycles. The quantitative estimate of drug-likeness (QED) is 0.549. The van der Waals surface area contributed by atoms with Gasteiger partial charge < -0.3 is 29.6 Å². The molecule has 2 N–H and O–H groups in total. The van der Waals surface area contributed by atoms with Crippen molar-refractivity contribution >= 4 is 11.7 Å². The van der Waals surface area contributed by atoms with Crippen LogP contribution in [-0.2, 0) is 13.6 Å². The molecule has 8 nitrogen and oxygen atoms in total. The third-order valence-electron chi connectivity index (χ3n) is 5.98. The first-order chi connectivity index (χ1) is 16.1. The second kappa shape index (κ2) is 10.3. The molecule has 0 radical (unpaired) electrons. The van der Waals surface area contributed by atoms with Gasteiger partial charge in [-0.05, 0) is 42.2 Å². The van der Waals surface area contributed by atoms with Crippen LogP contribution in [0.2, 0.25) is 0 Å². The lowest BCUT2D eigenvalue weighted by Gasteiger charge is -2.23. The maximum atomic E-state index is 13.0. The molecular weight excluding hydrogens is 418 g/mol. The Labute approximate surface area is 194 Å². The van der Waals surface area contributed by atoms with Crippen LogP contribution < -0.4 is 25.0 Å². The van der Waals surface area contributed by atoms with Crippen molar-refractivity contribution in [3.05, 3.63) is 71.8 Å². The minimum Gasteiger partial charge on any atom is -0.497 e. The van der Waals surface area contributed by atoms with Gasteiger partial charge in [-0.3, -0.25) is 0 Å². The van der Waals surface area contributed by atoms with Crippen LogP contribution in [0.5, 0.6) is 11.5 Å². The number of methoxy groups -OCH3 is 2. The van der Waals surface area contributed by atoms with E-state index in [1.807, 2.05) is 42.1 Å². The molecule has 1 unspecified atom stereocenters. The summed E-state index contributed by atoms with van der Waals surface area (Å²) < 4.78 is 12.7. The summed E-state index contributed by atoms with van der Waals surface area (Å²) in [6.45, 7) is 2.55. The van der Waals surface area contributed by atoms with E-state index in [-0.39, 0.29) is 6.03 Å². The van der Waals surface area contributed by atoms with E-state index in [9.17, 15) is 4.79 Å². The number of nitrogens with zero attached hydrogens (tertiary/aromatic N) is 3. The van der Waals surface area contributed by atoms with Gasteiger partial charge in [-0.15, -0.1) is 0 Å². The number of para-hydroxylation sites is 1. The molecule has 1 aromatic heterocycles. The maximum absolute atomic E-state index is 13.0. The number of hydrogen-bond donors (Lipinski definition) is 2. The predicted molar refractivity (Wildman–Crippen MR) is 128 cm³/mol. The summed E-state index contributed by atoms with van der Waals surface area (Å²) in [5.74, 6) is 1.99. The first-order valence-corrected chi connectivity index (χ1v) is 11.2. The Morgan fingerprint density at radius 3 is 2.42 bits per heavy atom. The molecule has 2 aromatic carbocycles. The number of imidazole rings is 1. The SMILES string of the molecule is COc1cc(OC)cc(C(NC(=O)NCc2ccccc2N2CCCC2)c2nccn2C)c1. The second-order valence-corrected chi connectivity index (χ2v) is 8.13. The molecule has 174 valence electrons. The average molecular weight is 450 g/mol. The van der Waals surface area contributed by atoms with Crippen LogP contribution in [0.15, 0.2) is 54.9 Å². The van der Waals surface area contributed by atoms with Gasteiger partial charge in [-0.1, -0.05) is 18.2 Å². The zero-order valence-electron chi connectivity index (χ0n) is 19.4. The van der Waals surface area contributed by atoms with Crippen LogP contribution in [0.1, 0.15) is 35.8 Å². The summed E-state index contributed by atoms with van der Waals surface area (Å²) in [6, 6.07) is 13.0. The van der Waals surface area contributed by atoms with Crippen LogP contribution in [0.4, 0.5) is 10.5 Å². The molecule has 4 rings (SSSR count). The first kappa shape index (κ1) is 22.5. The molecule has 0 bridgehead atoms. The van der Waals surface area contributed by atoms with Crippen molar-refractivity contribution in [2.75, 3.05) is 32.2 Å². The van der Waals surface area contributed by atoms with Crippen molar-refractivity contribution in [3.8, 4) is 11.5 Å². The number of benzene rings is 2. The third kappa shape index (κ3) is 5.22. The van der Waals surface area contributed by atoms with Crippen LogP contribution in [0, 0.1) is 0 Å². The Morgan fingerprint density at radius 1 is 1.09 bits per heavy atom. The zero-order chi connectivity index (χ0) is 23.2. The summed E-state index contributed by atoms with van der Waals surface area (Å²) in [6.07, 6.45) is 5.98. The monoisotopic (exact) mass is 449 g/mol. The summed E-state index contributed by atoms with van der Waals surface area (Å²) in [7, 11) is 5.11. The number of carbonyl (C=O) groups excluding carboxylic acids is 1. The predicted octanol–water partition coefficient (Wildman–Crippen LogP) is 3.63. The molecule has 1 saturated heterocycles. The summed E-state index contributed by atoms with van der Waals surface area (Å²) >= 11 is 0. The normalized spacial score (nSPS) is 14.1. The zero-order valence-corrected chi connectivity index (χ0v) is 19.4. The number of aryl methyl sites for hydroxylation is 1. The van der Waals surface area contributed by atoms with E-state index in [1.54, 1.807) is 26.5 Å². The van der Waals surface area contributed by atoms with E-state index in [4.69, 9.17) is 9.47 Å². The Bertz CT molecular complexity index is 1070. The molecule has 0 saturated carbocycles. The van der Waals surface area contributed by atoms with Crippen molar-refractivity contribution in [2.24, 2.45) is 7.05 Å². The van der Waals surface area contributed by atoms with Gasteiger partial charge in [0.15, 0.2) is 0 Å². The van der Waals surface area contributed by atoms with Crippen molar-refractivity contribution in [1.29, 1.82) is 0 Å². The molecule has 8 heteroatoms. The number of urea groups is 1. The molecule has 1 fully saturated rings. The fourth-order valence-electron chi connectivity index (χ4n) is 4.23. The Hall–Kier alpha value is -3.68. The highest BCUT2D eigenvalue weighted by molar-refractivity contribution is 5.75. The number of nitrogens with one attached hydrogen (secondary N) is 2. The van der Waals surface area contributed by atoms with Gasteiger partial charge in [0.1, 0.15) is 23.4 Å². The maximum Gasteiger partial charge on any atom is 0.315 e. The van der Waals surface area contributed by atoms with Crippen LogP contribution in [-0.4, -0.2) is 42.9 Å². The van der Waals surface area contributed by atoms with Gasteiger partial charge in [0.25, 0.3) is 0 Å². The van der Waals surface area contributed by atoms with E-state index in [0.717, 1.165) is 24.2 Å². The molecule has 2 amide bonds. The molecule has 1 aliphatic rings. The Balaban J connectivity index is 1.53. The highest BCUT2D eigenvalue weighted by Crippen LogP contribution is 2.29. The van der Waals surface area contributed by atoms with Crippen molar-refractivity contribution in [1.82, 2.24) is 20.2 Å². The lowest BCUT2D eigenvalue weighted by molar-refractivity contribution is 0.237. The number of carbonyl (C=O) groups is 1. The van der Waals surface area contributed by atoms with Gasteiger partial charge >= 0.3 is 6.03 Å². The van der Waals surface area contributed by atoms with E-state index in [0.29, 0.717) is 23.9 Å². The molecule has 3 aromatic rings. The van der Waals surface area contributed by atoms with Crippen molar-refractivity contribution in [2.45, 2.75) is 25.4 Å². The largest absolute Gasteiger partial charge is 0.497 e. The molecule has 33 heavy (non-hydrogen) atoms. The molecule has 0 spiro atoms. The standard InChI is InChI=1S/C25H31N5O3/c1-29-13-10-26-24(29)23(19-14-20(32-2)16-21(15-19)33-3)28-25(31)27-17-18-8-4-5-9-22(18)30-11-6-7-12-30/h4-5,8-10,13-16,23H,6-7,11-12,17H2,1-3H3,(H2,27,28,31). The van der Waals surface area contributed by atoms with Crippen molar-refractivity contribution < 1.29 is 14.3 Å². The average Bonchev–Trinajstić information content (AvgIpc) is 3.53. The molecule has 1 aliphatic heterocycles. The fourth-order valence-corrected chi connectivity index (χ4v) is 4.23. The topological polar surface area (TPSA) is 80.7 Å². The highest BCUT2D eigenvalue weighted by atomic mass is 16.5. The van der Waals surface area contributed by atoms with Crippen LogP contribution in [0.25, 0.3) is 0 Å². The van der Waals surface area contributed by atoms with Gasteiger partial charge in [-0.2, -0.15) is 0 Å². The highest BCUT2D eigenvalue weighted by Gasteiger charge is 2.23. The molecule has 2 heterocycles. The smallest absolute Gasteiger partial charge is 0.315 e. The fraction of sp³-hybridized carbons (Fsp3) is 0.360. The number of ether oxygens (including phenoxy) is 2. The first-order valence-electron chi connectivity index (χ1n) is 11.2. The summed E-state index contributed by atoms with van der Waals surface area (Å²) in [5.41, 5.74) is 3.10. The number of amides is 2. The summed E-state index contributed by atoms with van der Waals surface area (Å²) in [4.78, 5) is 19.9. The number of aromatic nitrogens is 2. The van der Waals surface area contributed by atoms with Gasteiger partial charge in [0.2, 0.25) is 0 Å². The lowest BCUT2D eigenvalue weighted by Crippen LogP contribution is -2.39. The Morgan fingerprint density at radius 2 is 1.79 bits per heavy atom. The van der Waals surface area contributed by atoms with E-state index >= 15 is 0 Å². The lowest BCUT2D eigenvalue weighted by atomic mass is 10.1.